The third-order valence-corrected chi connectivity index (χ3v) is 4.02. The number of amides is 1. The summed E-state index contributed by atoms with van der Waals surface area (Å²) in [6.45, 7) is 13.3. The Hall–Kier alpha value is -2.44. The normalized spacial score (nSPS) is 13.3. The molecule has 136 valence electrons. The number of carboxylic acid groups (broad SMARTS) is 1. The summed E-state index contributed by atoms with van der Waals surface area (Å²) in [5, 5.41) is 16.8. The number of carboxylic acids is 1. The predicted molar refractivity (Wildman–Crippen MR) is 95.9 cm³/mol. The summed E-state index contributed by atoms with van der Waals surface area (Å²) in [7, 11) is 0. The Morgan fingerprint density at radius 2 is 1.84 bits per heavy atom. The molecule has 25 heavy (non-hydrogen) atoms. The van der Waals surface area contributed by atoms with E-state index >= 15 is 0 Å². The summed E-state index contributed by atoms with van der Waals surface area (Å²) in [4.78, 5) is 28.5. The molecule has 2 aromatic rings. The third-order valence-electron chi connectivity index (χ3n) is 4.02. The number of carbonyl (C=O) groups is 2. The third kappa shape index (κ3) is 3.65. The van der Waals surface area contributed by atoms with Crippen LogP contribution in [0.5, 0.6) is 0 Å². The highest BCUT2D eigenvalue weighted by Crippen LogP contribution is 2.28. The lowest BCUT2D eigenvalue weighted by molar-refractivity contribution is -0.138. The summed E-state index contributed by atoms with van der Waals surface area (Å²) in [6.07, 6.45) is 0. The fourth-order valence-electron chi connectivity index (χ4n) is 2.59. The first-order chi connectivity index (χ1) is 11.4. The van der Waals surface area contributed by atoms with Gasteiger partial charge in [0.1, 0.15) is 6.04 Å². The molecule has 2 N–H and O–H groups in total. The van der Waals surface area contributed by atoms with Gasteiger partial charge in [-0.15, -0.1) is 0 Å². The number of carbonyl (C=O) groups excluding carboxylic acids is 1. The first-order valence-corrected chi connectivity index (χ1v) is 8.38. The van der Waals surface area contributed by atoms with Crippen molar-refractivity contribution < 1.29 is 14.7 Å². The molecule has 1 atom stereocenters. The van der Waals surface area contributed by atoms with Gasteiger partial charge in [-0.1, -0.05) is 13.8 Å². The fraction of sp³-hybridized carbons (Fsp3) is 0.556. The summed E-state index contributed by atoms with van der Waals surface area (Å²) < 4.78 is 1.82. The van der Waals surface area contributed by atoms with Gasteiger partial charge in [-0.25, -0.2) is 9.67 Å². The van der Waals surface area contributed by atoms with Crippen LogP contribution < -0.4 is 5.32 Å². The number of nitrogens with zero attached hydrogens (tertiary/aromatic N) is 3. The zero-order chi connectivity index (χ0) is 19.1. The van der Waals surface area contributed by atoms with Crippen LogP contribution in [0.3, 0.4) is 0 Å². The SMILES string of the molecule is Cc1nn(C(C)(C)C)c2nc(C(C)C)cc(C(=O)N[C@H](C)C(=O)O)c12. The molecule has 0 fully saturated rings. The second kappa shape index (κ2) is 6.46. The van der Waals surface area contributed by atoms with E-state index in [1.165, 1.54) is 6.92 Å². The lowest BCUT2D eigenvalue weighted by Crippen LogP contribution is -2.38. The van der Waals surface area contributed by atoms with E-state index in [-0.39, 0.29) is 11.5 Å². The lowest BCUT2D eigenvalue weighted by Gasteiger charge is -2.20. The van der Waals surface area contributed by atoms with Gasteiger partial charge in [0.25, 0.3) is 5.91 Å². The van der Waals surface area contributed by atoms with Gasteiger partial charge in [-0.05, 0) is 46.6 Å². The number of aliphatic carboxylic acids is 1. The highest BCUT2D eigenvalue weighted by molar-refractivity contribution is 6.07. The molecule has 0 aromatic carbocycles. The van der Waals surface area contributed by atoms with E-state index in [0.29, 0.717) is 22.3 Å². The Bertz CT molecular complexity index is 831. The minimum atomic E-state index is -1.08. The van der Waals surface area contributed by atoms with Gasteiger partial charge in [-0.3, -0.25) is 9.59 Å². The first-order valence-electron chi connectivity index (χ1n) is 8.38. The first kappa shape index (κ1) is 18.9. The molecule has 1 amide bonds. The molecule has 0 saturated carbocycles. The van der Waals surface area contributed by atoms with Gasteiger partial charge in [0.15, 0.2) is 5.65 Å². The number of aryl methyl sites for hydroxylation is 1. The standard InChI is InChI=1S/C18H26N4O3/c1-9(2)13-8-12(16(23)19-11(4)17(24)25)14-10(3)21-22(15(14)20-13)18(5,6)7/h8-9,11H,1-7H3,(H,19,23)(H,24,25)/t11-/m1/s1. The van der Waals surface area contributed by atoms with Gasteiger partial charge in [0.2, 0.25) is 0 Å². The Labute approximate surface area is 147 Å². The van der Waals surface area contributed by atoms with Crippen molar-refractivity contribution in [2.75, 3.05) is 0 Å². The van der Waals surface area contributed by atoms with E-state index in [1.54, 1.807) is 6.07 Å². The van der Waals surface area contributed by atoms with Crippen LogP contribution in [0, 0.1) is 6.92 Å². The van der Waals surface area contributed by atoms with E-state index in [4.69, 9.17) is 10.1 Å². The maximum Gasteiger partial charge on any atom is 0.325 e. The number of nitrogens with one attached hydrogen (secondary N) is 1. The van der Waals surface area contributed by atoms with Crippen LogP contribution in [0.4, 0.5) is 0 Å². The van der Waals surface area contributed by atoms with Gasteiger partial charge in [0.05, 0.1) is 22.2 Å². The number of pyridine rings is 1. The van der Waals surface area contributed by atoms with Crippen LogP contribution in [0.2, 0.25) is 0 Å². The average Bonchev–Trinajstić information content (AvgIpc) is 2.83. The van der Waals surface area contributed by atoms with Crippen molar-refractivity contribution in [1.82, 2.24) is 20.1 Å². The number of fused-ring (bicyclic) bond motifs is 1. The summed E-state index contributed by atoms with van der Waals surface area (Å²) in [5.74, 6) is -1.39. The van der Waals surface area contributed by atoms with Crippen LogP contribution in [-0.2, 0) is 10.3 Å². The number of hydrogen-bond donors (Lipinski definition) is 2. The van der Waals surface area contributed by atoms with Gasteiger partial charge in [-0.2, -0.15) is 5.10 Å². The smallest absolute Gasteiger partial charge is 0.325 e. The van der Waals surface area contributed by atoms with Crippen molar-refractivity contribution in [2.45, 2.75) is 66.0 Å². The molecular weight excluding hydrogens is 320 g/mol. The number of rotatable bonds is 4. The van der Waals surface area contributed by atoms with E-state index in [2.05, 4.69) is 10.4 Å². The summed E-state index contributed by atoms with van der Waals surface area (Å²) in [5.41, 5.74) is 2.23. The lowest BCUT2D eigenvalue weighted by atomic mass is 10.0. The average molecular weight is 346 g/mol. The van der Waals surface area contributed by atoms with Crippen molar-refractivity contribution >= 4 is 22.9 Å². The molecule has 2 aromatic heterocycles. The zero-order valence-electron chi connectivity index (χ0n) is 15.8. The van der Waals surface area contributed by atoms with Gasteiger partial charge in [0, 0.05) is 5.69 Å². The summed E-state index contributed by atoms with van der Waals surface area (Å²) in [6, 6.07) is 0.759. The monoisotopic (exact) mass is 346 g/mol. The van der Waals surface area contributed by atoms with Crippen molar-refractivity contribution in [3.63, 3.8) is 0 Å². The molecule has 0 aliphatic heterocycles. The van der Waals surface area contributed by atoms with E-state index < -0.39 is 17.9 Å². The topological polar surface area (TPSA) is 97.1 Å². The predicted octanol–water partition coefficient (Wildman–Crippen LogP) is 2.82. The molecule has 2 heterocycles. The number of aromatic nitrogens is 3. The van der Waals surface area contributed by atoms with Crippen LogP contribution in [-0.4, -0.2) is 37.8 Å². The molecule has 7 heteroatoms. The minimum absolute atomic E-state index is 0.122. The van der Waals surface area contributed by atoms with Crippen LogP contribution in [0.25, 0.3) is 11.0 Å². The second-order valence-electron chi connectivity index (χ2n) is 7.65. The van der Waals surface area contributed by atoms with E-state index in [9.17, 15) is 9.59 Å². The zero-order valence-corrected chi connectivity index (χ0v) is 15.8. The van der Waals surface area contributed by atoms with E-state index in [1.807, 2.05) is 46.2 Å². The van der Waals surface area contributed by atoms with Crippen molar-refractivity contribution in [1.29, 1.82) is 0 Å². The molecule has 0 radical (unpaired) electrons. The van der Waals surface area contributed by atoms with E-state index in [0.717, 1.165) is 5.69 Å². The Kier molecular flexibility index (Phi) is 4.88. The highest BCUT2D eigenvalue weighted by atomic mass is 16.4. The molecule has 0 aliphatic rings. The molecule has 0 spiro atoms. The molecule has 7 nitrogen and oxygen atoms in total. The molecule has 0 bridgehead atoms. The Balaban J connectivity index is 2.72. The summed E-state index contributed by atoms with van der Waals surface area (Å²) >= 11 is 0. The molecular formula is C18H26N4O3. The second-order valence-corrected chi connectivity index (χ2v) is 7.65. The Morgan fingerprint density at radius 1 is 1.24 bits per heavy atom. The van der Waals surface area contributed by atoms with Gasteiger partial charge < -0.3 is 10.4 Å². The van der Waals surface area contributed by atoms with Crippen LogP contribution in [0.1, 0.15) is 69.2 Å². The minimum Gasteiger partial charge on any atom is -0.480 e. The van der Waals surface area contributed by atoms with Crippen molar-refractivity contribution in [3.8, 4) is 0 Å². The van der Waals surface area contributed by atoms with Crippen LogP contribution >= 0.6 is 0 Å². The van der Waals surface area contributed by atoms with Crippen molar-refractivity contribution in [2.24, 2.45) is 0 Å². The fourth-order valence-corrected chi connectivity index (χ4v) is 2.59. The van der Waals surface area contributed by atoms with Crippen molar-refractivity contribution in [3.05, 3.63) is 23.0 Å². The quantitative estimate of drug-likeness (QED) is 0.887. The largest absolute Gasteiger partial charge is 0.480 e. The molecule has 0 unspecified atom stereocenters. The highest BCUT2D eigenvalue weighted by Gasteiger charge is 2.26. The van der Waals surface area contributed by atoms with Crippen LogP contribution in [0.15, 0.2) is 6.07 Å². The maximum absolute atomic E-state index is 12.7. The maximum atomic E-state index is 12.7. The number of hydrogen-bond acceptors (Lipinski definition) is 4. The molecule has 0 saturated heterocycles. The van der Waals surface area contributed by atoms with Gasteiger partial charge >= 0.3 is 5.97 Å². The molecule has 2 rings (SSSR count). The Morgan fingerprint density at radius 3 is 2.32 bits per heavy atom. The molecule has 0 aliphatic carbocycles.